The molecule has 0 aliphatic heterocycles. The number of hydrogen-bond donors (Lipinski definition) is 3. The van der Waals surface area contributed by atoms with Crippen LogP contribution in [-0.2, 0) is 11.5 Å². The smallest absolute Gasteiger partial charge is 0.394 e. The van der Waals surface area contributed by atoms with E-state index in [2.05, 4.69) is 4.98 Å². The van der Waals surface area contributed by atoms with Crippen molar-refractivity contribution in [3.05, 3.63) is 22.5 Å². The Morgan fingerprint density at radius 1 is 1.53 bits per heavy atom. The monoisotopic (exact) mass is 247 g/mol. The Kier molecular flexibility index (Phi) is 4.97. The van der Waals surface area contributed by atoms with Gasteiger partial charge in [-0.1, -0.05) is 4.98 Å². The van der Waals surface area contributed by atoms with Crippen LogP contribution in [-0.4, -0.2) is 55.2 Å². The summed E-state index contributed by atoms with van der Waals surface area (Å²) in [5, 5.41) is 37.3. The summed E-state index contributed by atoms with van der Waals surface area (Å²) in [5.74, 6) is -0.403. The van der Waals surface area contributed by atoms with Crippen LogP contribution in [0.15, 0.2) is 12.4 Å². The third kappa shape index (κ3) is 3.46. The zero-order chi connectivity index (χ0) is 12.8. The molecule has 0 fully saturated rings. The molecule has 3 N–H and O–H groups in total. The topological polar surface area (TPSA) is 131 Å². The number of nitro groups is 1. The third-order valence-corrected chi connectivity index (χ3v) is 2.08. The van der Waals surface area contributed by atoms with Crippen LogP contribution in [0.1, 0.15) is 0 Å². The van der Waals surface area contributed by atoms with Gasteiger partial charge >= 0.3 is 5.95 Å². The van der Waals surface area contributed by atoms with Crippen molar-refractivity contribution in [3.8, 4) is 0 Å². The molecule has 0 aromatic carbocycles. The lowest BCUT2D eigenvalue weighted by atomic mass is 10.2. The molecule has 9 heteroatoms. The van der Waals surface area contributed by atoms with Crippen molar-refractivity contribution in [3.63, 3.8) is 0 Å². The van der Waals surface area contributed by atoms with Crippen molar-refractivity contribution < 1.29 is 25.0 Å². The fourth-order valence-corrected chi connectivity index (χ4v) is 1.15. The van der Waals surface area contributed by atoms with Crippen molar-refractivity contribution in [1.29, 1.82) is 0 Å². The molecule has 0 unspecified atom stereocenters. The number of hydrogen-bond acceptors (Lipinski definition) is 7. The lowest BCUT2D eigenvalue weighted by molar-refractivity contribution is -0.397. The molecule has 0 bridgehead atoms. The fraction of sp³-hybridized carbons (Fsp3) is 0.625. The summed E-state index contributed by atoms with van der Waals surface area (Å²) < 4.78 is 6.14. The molecule has 0 aliphatic carbocycles. The first-order chi connectivity index (χ1) is 8.10. The van der Waals surface area contributed by atoms with Gasteiger partial charge in [-0.3, -0.25) is 0 Å². The Morgan fingerprint density at radius 2 is 2.24 bits per heavy atom. The molecule has 0 aliphatic rings. The zero-order valence-corrected chi connectivity index (χ0v) is 8.84. The van der Waals surface area contributed by atoms with E-state index in [0.29, 0.717) is 0 Å². The standard InChI is InChI=1S/C8H13N3O6/c12-3-6(14)7(4-13)17-5-10-2-1-9-8(10)11(15)16/h1-2,6-7,12-14H,3-5H2/t6-,7+/m0/s1. The van der Waals surface area contributed by atoms with Crippen LogP contribution in [0.5, 0.6) is 0 Å². The van der Waals surface area contributed by atoms with Crippen LogP contribution >= 0.6 is 0 Å². The van der Waals surface area contributed by atoms with Gasteiger partial charge in [-0.25, -0.2) is 4.57 Å². The SMILES string of the molecule is O=[N+]([O-])c1nccn1CO[C@H](CO)[C@@H](O)CO. The molecule has 1 rings (SSSR count). The quantitative estimate of drug-likeness (QED) is 0.394. The van der Waals surface area contributed by atoms with Gasteiger partial charge in [0.25, 0.3) is 0 Å². The zero-order valence-electron chi connectivity index (χ0n) is 8.84. The minimum absolute atomic E-state index is 0.251. The van der Waals surface area contributed by atoms with Crippen molar-refractivity contribution >= 4 is 5.95 Å². The van der Waals surface area contributed by atoms with Gasteiger partial charge in [0, 0.05) is 0 Å². The summed E-state index contributed by atoms with van der Waals surface area (Å²) >= 11 is 0. The van der Waals surface area contributed by atoms with E-state index in [9.17, 15) is 15.2 Å². The summed E-state index contributed by atoms with van der Waals surface area (Å²) in [7, 11) is 0. The summed E-state index contributed by atoms with van der Waals surface area (Å²) in [6.07, 6.45) is 0.306. The molecule has 0 spiro atoms. The molecular weight excluding hydrogens is 234 g/mol. The van der Waals surface area contributed by atoms with Gasteiger partial charge in [0.2, 0.25) is 0 Å². The van der Waals surface area contributed by atoms with E-state index in [1.165, 1.54) is 12.4 Å². The molecule has 0 amide bonds. The highest BCUT2D eigenvalue weighted by molar-refractivity contribution is 5.05. The van der Waals surface area contributed by atoms with Crippen molar-refractivity contribution in [2.45, 2.75) is 18.9 Å². The molecule has 1 heterocycles. The first kappa shape index (κ1) is 13.5. The first-order valence-electron chi connectivity index (χ1n) is 4.77. The molecule has 0 saturated carbocycles. The lowest BCUT2D eigenvalue weighted by Gasteiger charge is -2.18. The number of aliphatic hydroxyl groups is 3. The Hall–Kier alpha value is -1.55. The second-order valence-corrected chi connectivity index (χ2v) is 3.22. The molecule has 1 aromatic rings. The molecule has 1 aromatic heterocycles. The number of ether oxygens (including phenoxy) is 1. The highest BCUT2D eigenvalue weighted by Crippen LogP contribution is 2.09. The Bertz CT molecular complexity index is 368. The number of imidazole rings is 1. The Morgan fingerprint density at radius 3 is 2.76 bits per heavy atom. The summed E-state index contributed by atoms with van der Waals surface area (Å²) in [6.45, 7) is -1.33. The molecule has 9 nitrogen and oxygen atoms in total. The number of rotatable bonds is 7. The molecule has 0 saturated heterocycles. The highest BCUT2D eigenvalue weighted by Gasteiger charge is 2.21. The largest absolute Gasteiger partial charge is 0.436 e. The van der Waals surface area contributed by atoms with Crippen LogP contribution in [0, 0.1) is 10.1 Å². The summed E-state index contributed by atoms with van der Waals surface area (Å²) in [6, 6.07) is 0. The van der Waals surface area contributed by atoms with Gasteiger partial charge < -0.3 is 30.2 Å². The van der Waals surface area contributed by atoms with Crippen LogP contribution in [0.25, 0.3) is 0 Å². The third-order valence-electron chi connectivity index (χ3n) is 2.08. The normalized spacial score (nSPS) is 14.5. The summed E-state index contributed by atoms with van der Waals surface area (Å²) in [4.78, 5) is 13.3. The predicted octanol–water partition coefficient (Wildman–Crippen LogP) is -1.52. The highest BCUT2D eigenvalue weighted by atomic mass is 16.6. The van der Waals surface area contributed by atoms with E-state index in [0.717, 1.165) is 4.57 Å². The Balaban J connectivity index is 2.59. The van der Waals surface area contributed by atoms with E-state index >= 15 is 0 Å². The first-order valence-corrected chi connectivity index (χ1v) is 4.77. The average Bonchev–Trinajstić information content (AvgIpc) is 2.77. The van der Waals surface area contributed by atoms with Crippen molar-refractivity contribution in [2.75, 3.05) is 13.2 Å². The van der Waals surface area contributed by atoms with E-state index in [1.807, 2.05) is 0 Å². The molecular formula is C8H13N3O6. The second-order valence-electron chi connectivity index (χ2n) is 3.22. The van der Waals surface area contributed by atoms with E-state index < -0.39 is 36.3 Å². The van der Waals surface area contributed by atoms with Crippen LogP contribution in [0.2, 0.25) is 0 Å². The van der Waals surface area contributed by atoms with Gasteiger partial charge in [0.15, 0.2) is 6.73 Å². The Labute approximate surface area is 96.0 Å². The van der Waals surface area contributed by atoms with Gasteiger partial charge in [-0.2, -0.15) is 0 Å². The summed E-state index contributed by atoms with van der Waals surface area (Å²) in [5.41, 5.74) is 0. The molecule has 96 valence electrons. The number of nitrogens with zero attached hydrogens (tertiary/aromatic N) is 3. The molecule has 0 radical (unpaired) electrons. The molecule has 17 heavy (non-hydrogen) atoms. The molecule has 2 atom stereocenters. The van der Waals surface area contributed by atoms with E-state index in [-0.39, 0.29) is 6.73 Å². The van der Waals surface area contributed by atoms with Crippen LogP contribution in [0.3, 0.4) is 0 Å². The predicted molar refractivity (Wildman–Crippen MR) is 53.9 cm³/mol. The number of aromatic nitrogens is 2. The average molecular weight is 247 g/mol. The maximum absolute atomic E-state index is 10.5. The minimum Gasteiger partial charge on any atom is -0.394 e. The van der Waals surface area contributed by atoms with Gasteiger partial charge in [0.1, 0.15) is 24.6 Å². The van der Waals surface area contributed by atoms with Gasteiger partial charge in [-0.15, -0.1) is 0 Å². The fourth-order valence-electron chi connectivity index (χ4n) is 1.15. The van der Waals surface area contributed by atoms with Crippen LogP contribution < -0.4 is 0 Å². The van der Waals surface area contributed by atoms with E-state index in [1.54, 1.807) is 0 Å². The van der Waals surface area contributed by atoms with Crippen LogP contribution in [0.4, 0.5) is 5.95 Å². The van der Waals surface area contributed by atoms with Crippen molar-refractivity contribution in [2.24, 2.45) is 0 Å². The van der Waals surface area contributed by atoms with Crippen molar-refractivity contribution in [1.82, 2.24) is 9.55 Å². The maximum atomic E-state index is 10.5. The number of aliphatic hydroxyl groups excluding tert-OH is 3. The van der Waals surface area contributed by atoms with Gasteiger partial charge in [-0.05, 0) is 4.92 Å². The second kappa shape index (κ2) is 6.25. The minimum atomic E-state index is -1.25. The van der Waals surface area contributed by atoms with Gasteiger partial charge in [0.05, 0.1) is 13.2 Å². The maximum Gasteiger partial charge on any atom is 0.436 e. The van der Waals surface area contributed by atoms with E-state index in [4.69, 9.17) is 14.9 Å². The lowest BCUT2D eigenvalue weighted by Crippen LogP contribution is -2.35.